The van der Waals surface area contributed by atoms with Crippen molar-refractivity contribution in [3.8, 4) is 0 Å². The lowest BCUT2D eigenvalue weighted by atomic mass is 10.0. The van der Waals surface area contributed by atoms with Crippen molar-refractivity contribution >= 4 is 5.95 Å². The molecule has 1 aromatic heterocycles. The fourth-order valence-electron chi connectivity index (χ4n) is 2.82. The van der Waals surface area contributed by atoms with Crippen LogP contribution in [0.4, 0.5) is 5.95 Å². The first-order chi connectivity index (χ1) is 10.3. The normalized spacial score (nSPS) is 16.1. The van der Waals surface area contributed by atoms with Crippen molar-refractivity contribution in [3.05, 3.63) is 53.9 Å². The van der Waals surface area contributed by atoms with Gasteiger partial charge >= 0.3 is 0 Å². The third-order valence-corrected chi connectivity index (χ3v) is 4.01. The summed E-state index contributed by atoms with van der Waals surface area (Å²) in [7, 11) is 0. The van der Waals surface area contributed by atoms with Crippen LogP contribution in [0, 0.1) is 6.92 Å². The average molecular weight is 282 g/mol. The number of nitrogens with one attached hydrogen (secondary N) is 1. The fraction of sp³-hybridized carbons (Fsp3) is 0.412. The van der Waals surface area contributed by atoms with E-state index in [4.69, 9.17) is 0 Å². The minimum Gasteiger partial charge on any atom is -0.341 e. The molecule has 0 unspecified atom stereocenters. The lowest BCUT2D eigenvalue weighted by molar-refractivity contribution is 0.411. The van der Waals surface area contributed by atoms with Crippen molar-refractivity contribution in [2.45, 2.75) is 32.4 Å². The lowest BCUT2D eigenvalue weighted by Crippen LogP contribution is -2.42. The van der Waals surface area contributed by atoms with E-state index in [-0.39, 0.29) is 0 Å². The smallest absolute Gasteiger partial charge is 0.225 e. The third kappa shape index (κ3) is 3.79. The van der Waals surface area contributed by atoms with Crippen molar-refractivity contribution in [3.63, 3.8) is 0 Å². The Labute approximate surface area is 126 Å². The minimum absolute atomic E-state index is 0.588. The van der Waals surface area contributed by atoms with Gasteiger partial charge in [-0.15, -0.1) is 0 Å². The van der Waals surface area contributed by atoms with Gasteiger partial charge in [0.05, 0.1) is 0 Å². The van der Waals surface area contributed by atoms with E-state index >= 15 is 0 Å². The number of nitrogens with zero attached hydrogens (tertiary/aromatic N) is 3. The van der Waals surface area contributed by atoms with Gasteiger partial charge in [0.2, 0.25) is 5.95 Å². The molecule has 21 heavy (non-hydrogen) atoms. The molecule has 1 aromatic carbocycles. The Kier molecular flexibility index (Phi) is 4.46. The van der Waals surface area contributed by atoms with Crippen molar-refractivity contribution in [2.75, 3.05) is 18.0 Å². The molecule has 0 amide bonds. The highest BCUT2D eigenvalue weighted by Crippen LogP contribution is 2.15. The van der Waals surface area contributed by atoms with Crippen LogP contribution in [-0.4, -0.2) is 29.1 Å². The van der Waals surface area contributed by atoms with Crippen molar-refractivity contribution in [1.82, 2.24) is 15.3 Å². The Bertz CT molecular complexity index is 562. The van der Waals surface area contributed by atoms with E-state index in [1.54, 1.807) is 0 Å². The van der Waals surface area contributed by atoms with E-state index in [9.17, 15) is 0 Å². The van der Waals surface area contributed by atoms with Crippen molar-refractivity contribution in [2.24, 2.45) is 0 Å². The Morgan fingerprint density at radius 2 is 1.90 bits per heavy atom. The second-order valence-electron chi connectivity index (χ2n) is 5.68. The van der Waals surface area contributed by atoms with Crippen LogP contribution in [0.1, 0.15) is 24.0 Å². The van der Waals surface area contributed by atoms with Gasteiger partial charge < -0.3 is 10.2 Å². The quantitative estimate of drug-likeness (QED) is 0.935. The number of hydrogen-bond donors (Lipinski definition) is 1. The standard InChI is InChI=1S/C17H22N4/c1-14-4-2-5-15(12-14)13-20-16-6-10-21(11-7-16)17-18-8-3-9-19-17/h2-5,8-9,12,16,20H,6-7,10-11,13H2,1H3. The fourth-order valence-corrected chi connectivity index (χ4v) is 2.82. The molecule has 2 aromatic rings. The maximum absolute atomic E-state index is 4.33. The minimum atomic E-state index is 0.588. The van der Waals surface area contributed by atoms with Crippen LogP contribution in [0.3, 0.4) is 0 Å². The van der Waals surface area contributed by atoms with Gasteiger partial charge in [0, 0.05) is 38.1 Å². The monoisotopic (exact) mass is 282 g/mol. The molecule has 3 rings (SSSR count). The molecule has 1 fully saturated rings. The van der Waals surface area contributed by atoms with Crippen molar-refractivity contribution in [1.29, 1.82) is 0 Å². The molecule has 2 heterocycles. The molecule has 1 saturated heterocycles. The number of aryl methyl sites for hydroxylation is 1. The van der Waals surface area contributed by atoms with Gasteiger partial charge in [0.15, 0.2) is 0 Å². The van der Waals surface area contributed by atoms with Crippen LogP contribution in [0.2, 0.25) is 0 Å². The van der Waals surface area contributed by atoms with Crippen LogP contribution in [-0.2, 0) is 6.54 Å². The summed E-state index contributed by atoms with van der Waals surface area (Å²) in [5.74, 6) is 0.856. The van der Waals surface area contributed by atoms with Crippen LogP contribution in [0.15, 0.2) is 42.7 Å². The van der Waals surface area contributed by atoms with Gasteiger partial charge in [-0.25, -0.2) is 9.97 Å². The Morgan fingerprint density at radius 3 is 2.62 bits per heavy atom. The molecule has 4 heteroatoms. The lowest BCUT2D eigenvalue weighted by Gasteiger charge is -2.32. The van der Waals surface area contributed by atoms with Crippen LogP contribution >= 0.6 is 0 Å². The second-order valence-corrected chi connectivity index (χ2v) is 5.68. The van der Waals surface area contributed by atoms with Crippen LogP contribution in [0.25, 0.3) is 0 Å². The molecule has 110 valence electrons. The zero-order chi connectivity index (χ0) is 14.5. The Hall–Kier alpha value is -1.94. The van der Waals surface area contributed by atoms with Gasteiger partial charge in [0.1, 0.15) is 0 Å². The Balaban J connectivity index is 1.48. The maximum Gasteiger partial charge on any atom is 0.225 e. The number of rotatable bonds is 4. The van der Waals surface area contributed by atoms with E-state index in [0.717, 1.165) is 38.4 Å². The van der Waals surface area contributed by atoms with Gasteiger partial charge in [-0.3, -0.25) is 0 Å². The summed E-state index contributed by atoms with van der Waals surface area (Å²) in [6.45, 7) is 5.14. The summed E-state index contributed by atoms with van der Waals surface area (Å²) >= 11 is 0. The number of hydrogen-bond acceptors (Lipinski definition) is 4. The third-order valence-electron chi connectivity index (χ3n) is 4.01. The highest BCUT2D eigenvalue weighted by atomic mass is 15.3. The highest BCUT2D eigenvalue weighted by molar-refractivity contribution is 5.29. The molecule has 0 aliphatic carbocycles. The van der Waals surface area contributed by atoms with Gasteiger partial charge in [-0.05, 0) is 31.4 Å². The molecule has 1 aliphatic rings. The van der Waals surface area contributed by atoms with Crippen molar-refractivity contribution < 1.29 is 0 Å². The first-order valence-electron chi connectivity index (χ1n) is 7.62. The average Bonchev–Trinajstić information content (AvgIpc) is 2.54. The molecule has 4 nitrogen and oxygen atoms in total. The molecule has 0 radical (unpaired) electrons. The SMILES string of the molecule is Cc1cccc(CNC2CCN(c3ncccn3)CC2)c1. The summed E-state index contributed by atoms with van der Waals surface area (Å²) in [5.41, 5.74) is 2.69. The highest BCUT2D eigenvalue weighted by Gasteiger charge is 2.20. The van der Waals surface area contributed by atoms with Gasteiger partial charge in [-0.1, -0.05) is 29.8 Å². The molecule has 1 aliphatic heterocycles. The molecule has 0 spiro atoms. The zero-order valence-corrected chi connectivity index (χ0v) is 12.5. The molecule has 1 N–H and O–H groups in total. The van der Waals surface area contributed by atoms with Gasteiger partial charge in [-0.2, -0.15) is 0 Å². The largest absolute Gasteiger partial charge is 0.341 e. The second kappa shape index (κ2) is 6.68. The molecular formula is C17H22N4. The predicted octanol–water partition coefficient (Wildman–Crippen LogP) is 2.54. The topological polar surface area (TPSA) is 41.0 Å². The summed E-state index contributed by atoms with van der Waals surface area (Å²) in [6.07, 6.45) is 5.91. The maximum atomic E-state index is 4.33. The summed E-state index contributed by atoms with van der Waals surface area (Å²) in [5, 5.41) is 3.67. The summed E-state index contributed by atoms with van der Waals surface area (Å²) in [6, 6.07) is 11.2. The molecular weight excluding hydrogens is 260 g/mol. The summed E-state index contributed by atoms with van der Waals surface area (Å²) in [4.78, 5) is 10.9. The van der Waals surface area contributed by atoms with Crippen LogP contribution in [0.5, 0.6) is 0 Å². The van der Waals surface area contributed by atoms with E-state index in [1.165, 1.54) is 11.1 Å². The zero-order valence-electron chi connectivity index (χ0n) is 12.5. The van der Waals surface area contributed by atoms with E-state index in [2.05, 4.69) is 51.4 Å². The number of piperidine rings is 1. The number of benzene rings is 1. The molecule has 0 bridgehead atoms. The van der Waals surface area contributed by atoms with Gasteiger partial charge in [0.25, 0.3) is 0 Å². The summed E-state index contributed by atoms with van der Waals surface area (Å²) < 4.78 is 0. The first-order valence-corrected chi connectivity index (χ1v) is 7.62. The number of anilines is 1. The van der Waals surface area contributed by atoms with E-state index in [1.807, 2.05) is 18.5 Å². The Morgan fingerprint density at radius 1 is 1.14 bits per heavy atom. The predicted molar refractivity (Wildman–Crippen MR) is 85.3 cm³/mol. The first kappa shape index (κ1) is 14.0. The van der Waals surface area contributed by atoms with E-state index < -0.39 is 0 Å². The molecule has 0 saturated carbocycles. The molecule has 0 atom stereocenters. The van der Waals surface area contributed by atoms with Crippen LogP contribution < -0.4 is 10.2 Å². The van der Waals surface area contributed by atoms with E-state index in [0.29, 0.717) is 6.04 Å². The number of aromatic nitrogens is 2.